The van der Waals surface area contributed by atoms with Crippen molar-refractivity contribution in [2.45, 2.75) is 0 Å². The number of fused-ring (bicyclic) bond motifs is 2. The lowest BCUT2D eigenvalue weighted by Crippen LogP contribution is -2.34. The Bertz CT molecular complexity index is 1340. The lowest BCUT2D eigenvalue weighted by Gasteiger charge is -2.15. The van der Waals surface area contributed by atoms with Gasteiger partial charge >= 0.3 is 0 Å². The van der Waals surface area contributed by atoms with E-state index in [1.54, 1.807) is 60.7 Å². The van der Waals surface area contributed by atoms with E-state index in [0.29, 0.717) is 28.1 Å². The summed E-state index contributed by atoms with van der Waals surface area (Å²) in [6.07, 6.45) is 0. The van der Waals surface area contributed by atoms with Gasteiger partial charge in [-0.3, -0.25) is 19.7 Å². The maximum Gasteiger partial charge on any atom is 0.293 e. The number of carbonyl (C=O) groups is 3. The average Bonchev–Trinajstić information content (AvgIpc) is 3.34. The third-order valence-corrected chi connectivity index (χ3v) is 5.26. The van der Waals surface area contributed by atoms with Crippen LogP contribution in [0.4, 0.5) is 11.4 Å². The molecule has 7 nitrogen and oxygen atoms in total. The highest BCUT2D eigenvalue weighted by molar-refractivity contribution is 7.80. The maximum absolute atomic E-state index is 12.6. The molecule has 0 saturated carbocycles. The number of amides is 3. The van der Waals surface area contributed by atoms with Gasteiger partial charge in [0.2, 0.25) is 0 Å². The fourth-order valence-corrected chi connectivity index (χ4v) is 3.75. The molecule has 32 heavy (non-hydrogen) atoms. The fourth-order valence-electron chi connectivity index (χ4n) is 3.54. The zero-order valence-electron chi connectivity index (χ0n) is 16.5. The number of thiocarbonyl (C=S) groups is 1. The van der Waals surface area contributed by atoms with Crippen molar-refractivity contribution in [2.24, 2.45) is 0 Å². The molecular formula is C24H15N3O4S. The Hall–Kier alpha value is -4.30. The minimum Gasteiger partial charge on any atom is -0.451 e. The van der Waals surface area contributed by atoms with Gasteiger partial charge in [-0.2, -0.15) is 0 Å². The first-order valence-electron chi connectivity index (χ1n) is 9.70. The van der Waals surface area contributed by atoms with Gasteiger partial charge in [0.1, 0.15) is 5.58 Å². The SMILES string of the molecule is O=C(NC(=S)Nc1ccc(N2C(=O)c3ccccc3C2=O)cc1)c1cc2ccccc2o1. The van der Waals surface area contributed by atoms with E-state index in [4.69, 9.17) is 16.6 Å². The Morgan fingerprint density at radius 1 is 0.844 bits per heavy atom. The standard InChI is InChI=1S/C24H15N3O4S/c28-21(20-13-14-5-1-4-8-19(14)31-20)26-24(32)25-15-9-11-16(12-10-15)27-22(29)17-6-2-3-7-18(17)23(27)30/h1-13H,(H2,25,26,28,32). The highest BCUT2D eigenvalue weighted by atomic mass is 32.1. The topological polar surface area (TPSA) is 91.7 Å². The third kappa shape index (κ3) is 3.42. The second kappa shape index (κ2) is 7.75. The molecule has 0 bridgehead atoms. The monoisotopic (exact) mass is 441 g/mol. The number of carbonyl (C=O) groups excluding carboxylic acids is 3. The van der Waals surface area contributed by atoms with E-state index < -0.39 is 5.91 Å². The first-order chi connectivity index (χ1) is 15.5. The van der Waals surface area contributed by atoms with Gasteiger partial charge in [-0.25, -0.2) is 4.90 Å². The number of hydrogen-bond acceptors (Lipinski definition) is 5. The number of hydrogen-bond donors (Lipinski definition) is 2. The van der Waals surface area contributed by atoms with Crippen LogP contribution >= 0.6 is 12.2 Å². The van der Waals surface area contributed by atoms with Crippen LogP contribution in [0.25, 0.3) is 11.0 Å². The van der Waals surface area contributed by atoms with Crippen LogP contribution in [0.3, 0.4) is 0 Å². The van der Waals surface area contributed by atoms with Crippen molar-refractivity contribution in [3.8, 4) is 0 Å². The number of imide groups is 1. The summed E-state index contributed by atoms with van der Waals surface area (Å²) in [6.45, 7) is 0. The molecule has 0 atom stereocenters. The predicted molar refractivity (Wildman–Crippen MR) is 124 cm³/mol. The molecule has 156 valence electrons. The van der Waals surface area contributed by atoms with Gasteiger partial charge in [0.05, 0.1) is 16.8 Å². The van der Waals surface area contributed by atoms with Crippen molar-refractivity contribution in [2.75, 3.05) is 10.2 Å². The van der Waals surface area contributed by atoms with E-state index in [0.717, 1.165) is 10.3 Å². The Kier molecular flexibility index (Phi) is 4.76. The minimum absolute atomic E-state index is 0.0870. The molecule has 3 aromatic carbocycles. The van der Waals surface area contributed by atoms with Gasteiger partial charge in [0.15, 0.2) is 10.9 Å². The van der Waals surface area contributed by atoms with Crippen LogP contribution in [-0.4, -0.2) is 22.8 Å². The Labute approximate surface area is 187 Å². The van der Waals surface area contributed by atoms with Gasteiger partial charge in [0.25, 0.3) is 17.7 Å². The lowest BCUT2D eigenvalue weighted by atomic mass is 10.1. The van der Waals surface area contributed by atoms with Crippen molar-refractivity contribution in [3.05, 3.63) is 95.7 Å². The van der Waals surface area contributed by atoms with Gasteiger partial charge in [-0.15, -0.1) is 0 Å². The van der Waals surface area contributed by atoms with Crippen LogP contribution in [-0.2, 0) is 0 Å². The summed E-state index contributed by atoms with van der Waals surface area (Å²) in [5, 5.41) is 6.38. The summed E-state index contributed by atoms with van der Waals surface area (Å²) < 4.78 is 5.53. The molecule has 0 fully saturated rings. The summed E-state index contributed by atoms with van der Waals surface area (Å²) in [5.41, 5.74) is 2.41. The molecule has 0 aliphatic carbocycles. The Morgan fingerprint density at radius 2 is 1.47 bits per heavy atom. The summed E-state index contributed by atoms with van der Waals surface area (Å²) >= 11 is 5.21. The highest BCUT2D eigenvalue weighted by Crippen LogP contribution is 2.29. The van der Waals surface area contributed by atoms with E-state index >= 15 is 0 Å². The second-order valence-corrected chi connectivity index (χ2v) is 7.50. The van der Waals surface area contributed by atoms with Crippen LogP contribution in [0, 0.1) is 0 Å². The summed E-state index contributed by atoms with van der Waals surface area (Å²) in [6, 6.07) is 22.3. The van der Waals surface area contributed by atoms with Crippen molar-refractivity contribution >= 4 is 57.4 Å². The molecule has 0 radical (unpaired) electrons. The highest BCUT2D eigenvalue weighted by Gasteiger charge is 2.36. The van der Waals surface area contributed by atoms with Crippen LogP contribution in [0.5, 0.6) is 0 Å². The quantitative estimate of drug-likeness (QED) is 0.363. The number of para-hydroxylation sites is 1. The van der Waals surface area contributed by atoms with E-state index in [1.807, 2.05) is 18.2 Å². The second-order valence-electron chi connectivity index (χ2n) is 7.09. The van der Waals surface area contributed by atoms with Crippen molar-refractivity contribution in [1.29, 1.82) is 0 Å². The van der Waals surface area contributed by atoms with E-state index in [-0.39, 0.29) is 22.7 Å². The van der Waals surface area contributed by atoms with Gasteiger partial charge in [-0.05, 0) is 60.7 Å². The van der Waals surface area contributed by atoms with Crippen LogP contribution in [0.2, 0.25) is 0 Å². The molecule has 3 amide bonds. The molecule has 8 heteroatoms. The van der Waals surface area contributed by atoms with Crippen molar-refractivity contribution < 1.29 is 18.8 Å². The third-order valence-electron chi connectivity index (χ3n) is 5.05. The number of nitrogens with zero attached hydrogens (tertiary/aromatic N) is 1. The fraction of sp³-hybridized carbons (Fsp3) is 0. The molecule has 0 spiro atoms. The number of furan rings is 1. The molecule has 5 rings (SSSR count). The molecule has 0 unspecified atom stereocenters. The van der Waals surface area contributed by atoms with Crippen LogP contribution in [0.1, 0.15) is 31.3 Å². The molecule has 1 aliphatic rings. The molecule has 1 aliphatic heterocycles. The Morgan fingerprint density at radius 3 is 2.12 bits per heavy atom. The number of rotatable bonds is 3. The number of nitrogens with one attached hydrogen (secondary N) is 2. The molecule has 2 N–H and O–H groups in total. The average molecular weight is 441 g/mol. The predicted octanol–water partition coefficient (Wildman–Crippen LogP) is 4.36. The van der Waals surface area contributed by atoms with Gasteiger partial charge < -0.3 is 9.73 Å². The molecule has 2 heterocycles. The maximum atomic E-state index is 12.6. The molecular weight excluding hydrogens is 426 g/mol. The Balaban J connectivity index is 1.26. The minimum atomic E-state index is -0.471. The van der Waals surface area contributed by atoms with Crippen molar-refractivity contribution in [3.63, 3.8) is 0 Å². The van der Waals surface area contributed by atoms with Crippen molar-refractivity contribution in [1.82, 2.24) is 5.32 Å². The van der Waals surface area contributed by atoms with Crippen LogP contribution < -0.4 is 15.5 Å². The zero-order chi connectivity index (χ0) is 22.2. The smallest absolute Gasteiger partial charge is 0.293 e. The summed E-state index contributed by atoms with van der Waals surface area (Å²) in [7, 11) is 0. The van der Waals surface area contributed by atoms with E-state index in [2.05, 4.69) is 10.6 Å². The molecule has 0 saturated heterocycles. The summed E-state index contributed by atoms with van der Waals surface area (Å²) in [4.78, 5) is 38.8. The normalized spacial score (nSPS) is 12.7. The molecule has 4 aromatic rings. The first-order valence-corrected chi connectivity index (χ1v) is 10.1. The first kappa shape index (κ1) is 19.7. The van der Waals surface area contributed by atoms with Gasteiger partial charge in [0, 0.05) is 11.1 Å². The number of benzene rings is 3. The van der Waals surface area contributed by atoms with Crippen LogP contribution in [0.15, 0.2) is 83.3 Å². The van der Waals surface area contributed by atoms with E-state index in [9.17, 15) is 14.4 Å². The summed E-state index contributed by atoms with van der Waals surface area (Å²) in [5.74, 6) is -1.04. The molecule has 1 aromatic heterocycles. The largest absolute Gasteiger partial charge is 0.451 e. The lowest BCUT2D eigenvalue weighted by molar-refractivity contribution is 0.0922. The zero-order valence-corrected chi connectivity index (χ0v) is 17.3. The number of anilines is 2. The van der Waals surface area contributed by atoms with Gasteiger partial charge in [-0.1, -0.05) is 30.3 Å². The van der Waals surface area contributed by atoms with E-state index in [1.165, 1.54) is 0 Å².